The maximum Gasteiger partial charge on any atom is 0.287 e. The zero-order chi connectivity index (χ0) is 19.6. The van der Waals surface area contributed by atoms with Gasteiger partial charge in [0.25, 0.3) is 5.91 Å². The van der Waals surface area contributed by atoms with E-state index in [1.807, 2.05) is 32.0 Å². The predicted molar refractivity (Wildman–Crippen MR) is 112 cm³/mol. The van der Waals surface area contributed by atoms with E-state index in [9.17, 15) is 4.79 Å². The molecule has 1 heterocycles. The van der Waals surface area contributed by atoms with Crippen LogP contribution in [0.4, 0.5) is 0 Å². The Hall–Kier alpha value is -2.28. The van der Waals surface area contributed by atoms with E-state index >= 15 is 0 Å². The minimum absolute atomic E-state index is 0.111. The maximum atomic E-state index is 12.0. The van der Waals surface area contributed by atoms with Gasteiger partial charge in [0, 0.05) is 29.7 Å². The second-order valence-corrected chi connectivity index (χ2v) is 7.04. The number of hydrogen-bond acceptors (Lipinski definition) is 3. The van der Waals surface area contributed by atoms with Crippen LogP contribution < -0.4 is 16.0 Å². The number of carbonyl (C=O) groups excluding carboxylic acids is 1. The van der Waals surface area contributed by atoms with E-state index in [1.54, 1.807) is 6.07 Å². The molecule has 27 heavy (non-hydrogen) atoms. The van der Waals surface area contributed by atoms with E-state index < -0.39 is 0 Å². The lowest BCUT2D eigenvalue weighted by atomic mass is 10.1. The molecule has 0 aliphatic rings. The first-order valence-corrected chi connectivity index (χ1v) is 9.93. The lowest BCUT2D eigenvalue weighted by Gasteiger charge is -2.19. The summed E-state index contributed by atoms with van der Waals surface area (Å²) < 4.78 is 6.25. The fourth-order valence-electron chi connectivity index (χ4n) is 2.59. The average molecular weight is 435 g/mol. The Bertz CT molecular complexity index is 773. The molecule has 0 radical (unpaired) electrons. The summed E-state index contributed by atoms with van der Waals surface area (Å²) in [5.74, 6) is 0.943. The number of nitrogens with zero attached hydrogens (tertiary/aromatic N) is 1. The normalized spacial score (nSPS) is 12.5. The summed E-state index contributed by atoms with van der Waals surface area (Å²) in [7, 11) is 0. The lowest BCUT2D eigenvalue weighted by Crippen LogP contribution is -2.39. The van der Waals surface area contributed by atoms with Gasteiger partial charge in [-0.1, -0.05) is 34.1 Å². The topological polar surface area (TPSA) is 78.7 Å². The van der Waals surface area contributed by atoms with E-state index in [0.717, 1.165) is 29.0 Å². The molecule has 0 bridgehead atoms. The van der Waals surface area contributed by atoms with Crippen molar-refractivity contribution in [2.45, 2.75) is 33.2 Å². The number of rotatable bonds is 8. The number of nitrogens with one attached hydrogen (secondary N) is 3. The van der Waals surface area contributed by atoms with Gasteiger partial charge in [0.15, 0.2) is 11.7 Å². The molecule has 1 atom stereocenters. The molecule has 1 unspecified atom stereocenters. The smallest absolute Gasteiger partial charge is 0.287 e. The van der Waals surface area contributed by atoms with Gasteiger partial charge >= 0.3 is 0 Å². The van der Waals surface area contributed by atoms with Crippen LogP contribution in [0.5, 0.6) is 0 Å². The van der Waals surface area contributed by atoms with E-state index in [2.05, 4.69) is 49.9 Å². The van der Waals surface area contributed by atoms with E-state index in [0.29, 0.717) is 18.8 Å². The standard InChI is InChI=1S/C20H27BrN4O2/c1-4-22-20(25-15(3)16-8-5-6-9-17(16)21)24-12-7-11-23-19(26)18-14(2)10-13-27-18/h5-6,8-10,13,15H,4,7,11-12H2,1-3H3,(H,23,26)(H2,22,24,25). The quantitative estimate of drug-likeness (QED) is 0.335. The monoisotopic (exact) mass is 434 g/mol. The van der Waals surface area contributed by atoms with Gasteiger partial charge in [-0.2, -0.15) is 0 Å². The van der Waals surface area contributed by atoms with Crippen LogP contribution in [0.25, 0.3) is 0 Å². The molecule has 2 rings (SSSR count). The number of hydrogen-bond donors (Lipinski definition) is 3. The minimum atomic E-state index is -0.186. The molecule has 1 aromatic heterocycles. The highest BCUT2D eigenvalue weighted by Gasteiger charge is 2.12. The van der Waals surface area contributed by atoms with Gasteiger partial charge in [0.2, 0.25) is 0 Å². The Labute approximate surface area is 169 Å². The molecule has 0 aliphatic heterocycles. The van der Waals surface area contributed by atoms with Crippen LogP contribution >= 0.6 is 15.9 Å². The van der Waals surface area contributed by atoms with Crippen LogP contribution in [0.3, 0.4) is 0 Å². The van der Waals surface area contributed by atoms with Crippen molar-refractivity contribution in [1.29, 1.82) is 0 Å². The van der Waals surface area contributed by atoms with E-state index in [-0.39, 0.29) is 11.9 Å². The number of amides is 1. The Morgan fingerprint density at radius 2 is 2.04 bits per heavy atom. The number of aliphatic imine (C=N–C) groups is 1. The molecule has 146 valence electrons. The third-order valence-corrected chi connectivity index (χ3v) is 4.75. The number of halogens is 1. The number of aryl methyl sites for hydroxylation is 1. The number of furan rings is 1. The van der Waals surface area contributed by atoms with Gasteiger partial charge in [-0.25, -0.2) is 0 Å². The van der Waals surface area contributed by atoms with E-state index in [4.69, 9.17) is 4.42 Å². The summed E-state index contributed by atoms with van der Waals surface area (Å²) in [6.07, 6.45) is 2.26. The fraction of sp³-hybridized carbons (Fsp3) is 0.400. The van der Waals surface area contributed by atoms with Crippen molar-refractivity contribution in [1.82, 2.24) is 16.0 Å². The molecular weight excluding hydrogens is 408 g/mol. The van der Waals surface area contributed by atoms with Gasteiger partial charge in [-0.3, -0.25) is 9.79 Å². The van der Waals surface area contributed by atoms with Gasteiger partial charge in [0.05, 0.1) is 12.3 Å². The zero-order valence-electron chi connectivity index (χ0n) is 16.0. The minimum Gasteiger partial charge on any atom is -0.459 e. The third-order valence-electron chi connectivity index (χ3n) is 4.03. The number of guanidine groups is 1. The lowest BCUT2D eigenvalue weighted by molar-refractivity contribution is 0.0925. The van der Waals surface area contributed by atoms with Gasteiger partial charge < -0.3 is 20.4 Å². The number of carbonyl (C=O) groups is 1. The van der Waals surface area contributed by atoms with Crippen LogP contribution in [-0.2, 0) is 0 Å². The van der Waals surface area contributed by atoms with Crippen molar-refractivity contribution in [2.24, 2.45) is 4.99 Å². The first kappa shape index (κ1) is 21.0. The summed E-state index contributed by atoms with van der Waals surface area (Å²) in [5, 5.41) is 9.52. The second-order valence-electron chi connectivity index (χ2n) is 6.19. The third kappa shape index (κ3) is 6.43. The van der Waals surface area contributed by atoms with Crippen LogP contribution in [0.15, 0.2) is 50.5 Å². The molecule has 1 amide bonds. The average Bonchev–Trinajstić information content (AvgIpc) is 3.07. The van der Waals surface area contributed by atoms with Crippen molar-refractivity contribution in [3.05, 3.63) is 58.0 Å². The summed E-state index contributed by atoms with van der Waals surface area (Å²) in [5.41, 5.74) is 2.01. The molecule has 1 aromatic carbocycles. The highest BCUT2D eigenvalue weighted by atomic mass is 79.9. The van der Waals surface area contributed by atoms with Crippen LogP contribution in [-0.4, -0.2) is 31.5 Å². The summed E-state index contributed by atoms with van der Waals surface area (Å²) in [6.45, 7) is 7.91. The summed E-state index contributed by atoms with van der Waals surface area (Å²) >= 11 is 3.59. The number of benzene rings is 1. The molecule has 6 nitrogen and oxygen atoms in total. The SMILES string of the molecule is CCNC(=NCCCNC(=O)c1occc1C)NC(C)c1ccccc1Br. The van der Waals surface area contributed by atoms with Crippen molar-refractivity contribution in [2.75, 3.05) is 19.6 Å². The van der Waals surface area contributed by atoms with Crippen LogP contribution in [0.2, 0.25) is 0 Å². The summed E-state index contributed by atoms with van der Waals surface area (Å²) in [6, 6.07) is 10.0. The highest BCUT2D eigenvalue weighted by Crippen LogP contribution is 2.22. The van der Waals surface area contributed by atoms with Crippen molar-refractivity contribution >= 4 is 27.8 Å². The molecule has 0 saturated carbocycles. The highest BCUT2D eigenvalue weighted by molar-refractivity contribution is 9.10. The van der Waals surface area contributed by atoms with Crippen molar-refractivity contribution in [3.8, 4) is 0 Å². The maximum absolute atomic E-state index is 12.0. The molecule has 0 saturated heterocycles. The first-order chi connectivity index (χ1) is 13.0. The zero-order valence-corrected chi connectivity index (χ0v) is 17.6. The Balaban J connectivity index is 1.82. The Morgan fingerprint density at radius 3 is 2.70 bits per heavy atom. The van der Waals surface area contributed by atoms with Gasteiger partial charge in [0.1, 0.15) is 0 Å². The molecule has 2 aromatic rings. The summed E-state index contributed by atoms with van der Waals surface area (Å²) in [4.78, 5) is 16.6. The molecule has 0 fully saturated rings. The largest absolute Gasteiger partial charge is 0.459 e. The van der Waals surface area contributed by atoms with E-state index in [1.165, 1.54) is 11.8 Å². The van der Waals surface area contributed by atoms with Gasteiger partial charge in [-0.05, 0) is 44.9 Å². The molecule has 0 spiro atoms. The molecule has 7 heteroatoms. The molecular formula is C20H27BrN4O2. The van der Waals surface area contributed by atoms with Gasteiger partial charge in [-0.15, -0.1) is 0 Å². The Kier molecular flexibility index (Phi) is 8.39. The molecule has 0 aliphatic carbocycles. The van der Waals surface area contributed by atoms with Crippen LogP contribution in [0, 0.1) is 6.92 Å². The van der Waals surface area contributed by atoms with Crippen molar-refractivity contribution < 1.29 is 9.21 Å². The second kappa shape index (κ2) is 10.8. The Morgan fingerprint density at radius 1 is 1.26 bits per heavy atom. The first-order valence-electron chi connectivity index (χ1n) is 9.14. The fourth-order valence-corrected chi connectivity index (χ4v) is 3.21. The predicted octanol–water partition coefficient (Wildman–Crippen LogP) is 3.79. The molecule has 3 N–H and O–H groups in total. The van der Waals surface area contributed by atoms with Crippen LogP contribution in [0.1, 0.15) is 48.0 Å². The van der Waals surface area contributed by atoms with Crippen molar-refractivity contribution in [3.63, 3.8) is 0 Å².